The number of anilines is 1. The minimum absolute atomic E-state index is 0.0274. The first kappa shape index (κ1) is 14.0. The highest BCUT2D eigenvalue weighted by Gasteiger charge is 2.10. The summed E-state index contributed by atoms with van der Waals surface area (Å²) >= 11 is 0. The van der Waals surface area contributed by atoms with Gasteiger partial charge in [-0.1, -0.05) is 12.1 Å². The third-order valence-corrected chi connectivity index (χ3v) is 2.33. The van der Waals surface area contributed by atoms with Crippen LogP contribution < -0.4 is 16.2 Å². The number of rotatable bonds is 5. The van der Waals surface area contributed by atoms with Crippen LogP contribution in [0.5, 0.6) is 5.75 Å². The molecule has 1 aromatic carbocycles. The van der Waals surface area contributed by atoms with Gasteiger partial charge in [0.1, 0.15) is 11.8 Å². The minimum Gasteiger partial charge on any atom is -0.478 e. The van der Waals surface area contributed by atoms with E-state index in [1.165, 1.54) is 6.21 Å². The lowest BCUT2D eigenvalue weighted by Crippen LogP contribution is -2.15. The van der Waals surface area contributed by atoms with Crippen molar-refractivity contribution in [1.82, 2.24) is 10.3 Å². The number of nitrogens with zero attached hydrogens (tertiary/aromatic N) is 5. The van der Waals surface area contributed by atoms with Crippen molar-refractivity contribution in [3.63, 3.8) is 0 Å². The Kier molecular flexibility index (Phi) is 4.45. The highest BCUT2D eigenvalue weighted by molar-refractivity contribution is 5.99. The van der Waals surface area contributed by atoms with Crippen LogP contribution in [0.15, 0.2) is 39.1 Å². The fraction of sp³-hybridized carbons (Fsp3) is 0.0833. The molecule has 4 N–H and O–H groups in total. The van der Waals surface area contributed by atoms with E-state index in [2.05, 4.69) is 25.1 Å². The van der Waals surface area contributed by atoms with E-state index in [4.69, 9.17) is 21.5 Å². The van der Waals surface area contributed by atoms with Crippen LogP contribution >= 0.6 is 0 Å². The smallest absolute Gasteiger partial charge is 0.199 e. The Morgan fingerprint density at radius 1 is 1.43 bits per heavy atom. The SMILES string of the molecule is N#CCOc1ccccc1/C=N\N=C(\N)c1nonc1N. The monoisotopic (exact) mass is 285 g/mol. The van der Waals surface area contributed by atoms with Gasteiger partial charge in [-0.15, -0.1) is 5.10 Å². The van der Waals surface area contributed by atoms with Crippen molar-refractivity contribution >= 4 is 17.9 Å². The first-order chi connectivity index (χ1) is 10.2. The predicted molar refractivity (Wildman–Crippen MR) is 74.6 cm³/mol. The number of nitriles is 1. The minimum atomic E-state index is -0.0581. The molecule has 2 aromatic rings. The van der Waals surface area contributed by atoms with E-state index in [1.54, 1.807) is 24.3 Å². The fourth-order valence-corrected chi connectivity index (χ4v) is 1.40. The molecule has 9 heteroatoms. The Hall–Kier alpha value is -3.41. The first-order valence-corrected chi connectivity index (χ1v) is 5.76. The zero-order valence-electron chi connectivity index (χ0n) is 10.8. The average Bonchev–Trinajstić information content (AvgIpc) is 2.92. The Balaban J connectivity index is 2.15. The molecule has 106 valence electrons. The molecular weight excluding hydrogens is 274 g/mol. The number of nitrogen functional groups attached to an aromatic ring is 1. The van der Waals surface area contributed by atoms with E-state index in [9.17, 15) is 0 Å². The van der Waals surface area contributed by atoms with Crippen molar-refractivity contribution in [3.8, 4) is 11.8 Å². The zero-order chi connectivity index (χ0) is 15.1. The van der Waals surface area contributed by atoms with Crippen molar-refractivity contribution < 1.29 is 9.37 Å². The maximum Gasteiger partial charge on any atom is 0.199 e. The topological polar surface area (TPSA) is 149 Å². The normalized spacial score (nSPS) is 11.5. The average molecular weight is 285 g/mol. The lowest BCUT2D eigenvalue weighted by Gasteiger charge is -2.03. The first-order valence-electron chi connectivity index (χ1n) is 5.76. The Bertz CT molecular complexity index is 714. The van der Waals surface area contributed by atoms with Gasteiger partial charge in [-0.2, -0.15) is 10.4 Å². The molecule has 0 fully saturated rings. The molecule has 0 aliphatic carbocycles. The van der Waals surface area contributed by atoms with Crippen molar-refractivity contribution in [2.45, 2.75) is 0 Å². The van der Waals surface area contributed by atoms with Crippen molar-refractivity contribution in [2.24, 2.45) is 15.9 Å². The Morgan fingerprint density at radius 2 is 2.24 bits per heavy atom. The molecule has 1 heterocycles. The summed E-state index contributed by atoms with van der Waals surface area (Å²) < 4.78 is 9.65. The van der Waals surface area contributed by atoms with Crippen LogP contribution in [0.3, 0.4) is 0 Å². The van der Waals surface area contributed by atoms with Crippen LogP contribution in [-0.4, -0.2) is 29.0 Å². The van der Waals surface area contributed by atoms with Crippen LogP contribution in [0, 0.1) is 11.3 Å². The molecule has 0 bridgehead atoms. The van der Waals surface area contributed by atoms with Gasteiger partial charge in [0.15, 0.2) is 24.0 Å². The zero-order valence-corrected chi connectivity index (χ0v) is 10.8. The van der Waals surface area contributed by atoms with E-state index < -0.39 is 0 Å². The molecule has 0 aliphatic rings. The highest BCUT2D eigenvalue weighted by Crippen LogP contribution is 2.15. The van der Waals surface area contributed by atoms with E-state index in [0.717, 1.165) is 0 Å². The number of ether oxygens (including phenoxy) is 1. The number of para-hydroxylation sites is 1. The highest BCUT2D eigenvalue weighted by atomic mass is 16.6. The third-order valence-electron chi connectivity index (χ3n) is 2.33. The van der Waals surface area contributed by atoms with Crippen molar-refractivity contribution in [2.75, 3.05) is 12.3 Å². The molecule has 0 radical (unpaired) electrons. The summed E-state index contributed by atoms with van der Waals surface area (Å²) in [4.78, 5) is 0. The van der Waals surface area contributed by atoms with Gasteiger partial charge in [0.2, 0.25) is 0 Å². The summed E-state index contributed by atoms with van der Waals surface area (Å²) in [7, 11) is 0. The van der Waals surface area contributed by atoms with Gasteiger partial charge < -0.3 is 16.2 Å². The van der Waals surface area contributed by atoms with Gasteiger partial charge in [-0.25, -0.2) is 4.63 Å². The summed E-state index contributed by atoms with van der Waals surface area (Å²) in [5.74, 6) is 0.517. The lowest BCUT2D eigenvalue weighted by atomic mass is 10.2. The summed E-state index contributed by atoms with van der Waals surface area (Å²) in [5.41, 5.74) is 11.9. The molecule has 0 atom stereocenters. The number of nitrogens with two attached hydrogens (primary N) is 2. The Morgan fingerprint density at radius 3 is 2.95 bits per heavy atom. The van der Waals surface area contributed by atoms with Crippen LogP contribution in [0.25, 0.3) is 0 Å². The number of hydrogen-bond donors (Lipinski definition) is 2. The molecule has 0 saturated carbocycles. The van der Waals surface area contributed by atoms with E-state index in [-0.39, 0.29) is 24.0 Å². The van der Waals surface area contributed by atoms with Crippen LogP contribution in [-0.2, 0) is 0 Å². The van der Waals surface area contributed by atoms with Crippen LogP contribution in [0.4, 0.5) is 5.82 Å². The molecule has 0 saturated heterocycles. The van der Waals surface area contributed by atoms with Crippen LogP contribution in [0.2, 0.25) is 0 Å². The van der Waals surface area contributed by atoms with Gasteiger partial charge >= 0.3 is 0 Å². The largest absolute Gasteiger partial charge is 0.478 e. The number of benzene rings is 1. The molecule has 21 heavy (non-hydrogen) atoms. The lowest BCUT2D eigenvalue weighted by molar-refractivity contribution is 0.308. The molecule has 0 amide bonds. The van der Waals surface area contributed by atoms with E-state index in [0.29, 0.717) is 11.3 Å². The third kappa shape index (κ3) is 3.54. The van der Waals surface area contributed by atoms with E-state index in [1.807, 2.05) is 6.07 Å². The predicted octanol–water partition coefficient (Wildman–Crippen LogP) is 0.294. The molecule has 2 rings (SSSR count). The van der Waals surface area contributed by atoms with E-state index >= 15 is 0 Å². The maximum absolute atomic E-state index is 8.52. The molecule has 0 spiro atoms. The number of aromatic nitrogens is 2. The summed E-state index contributed by atoms with van der Waals surface area (Å²) in [6.07, 6.45) is 1.43. The fourth-order valence-electron chi connectivity index (χ4n) is 1.40. The molecule has 0 unspecified atom stereocenters. The Labute approximate surface area is 119 Å². The van der Waals surface area contributed by atoms with Gasteiger partial charge in [0.25, 0.3) is 0 Å². The second-order valence-electron chi connectivity index (χ2n) is 3.71. The van der Waals surface area contributed by atoms with Crippen LogP contribution in [0.1, 0.15) is 11.3 Å². The standard InChI is InChI=1S/C12H11N7O2/c13-5-6-20-9-4-2-1-3-8(9)7-16-17-11(14)10-12(15)19-21-18-10/h1-4,7H,6H2,(H2,14,17)(H2,15,19)/b16-7-. The maximum atomic E-state index is 8.52. The van der Waals surface area contributed by atoms with Gasteiger partial charge in [-0.05, 0) is 22.4 Å². The quantitative estimate of drug-likeness (QED) is 0.455. The van der Waals surface area contributed by atoms with Crippen molar-refractivity contribution in [3.05, 3.63) is 35.5 Å². The summed E-state index contributed by atoms with van der Waals surface area (Å²) in [5, 5.41) is 23.0. The molecule has 0 aliphatic heterocycles. The summed E-state index contributed by atoms with van der Waals surface area (Å²) in [6, 6.07) is 8.94. The summed E-state index contributed by atoms with van der Waals surface area (Å²) in [6.45, 7) is -0.0581. The second kappa shape index (κ2) is 6.67. The number of hydrogen-bond acceptors (Lipinski definition) is 8. The van der Waals surface area contributed by atoms with Gasteiger partial charge in [0.05, 0.1) is 6.21 Å². The molecule has 1 aromatic heterocycles. The van der Waals surface area contributed by atoms with Crippen molar-refractivity contribution in [1.29, 1.82) is 5.26 Å². The second-order valence-corrected chi connectivity index (χ2v) is 3.71. The van der Waals surface area contributed by atoms with Gasteiger partial charge in [0, 0.05) is 5.56 Å². The van der Waals surface area contributed by atoms with Gasteiger partial charge in [-0.3, -0.25) is 0 Å². The molecule has 9 nitrogen and oxygen atoms in total. The molecular formula is C12H11N7O2. The number of amidine groups is 1.